The maximum atomic E-state index is 13.0. The van der Waals surface area contributed by atoms with Gasteiger partial charge in [0.25, 0.3) is 5.91 Å². The zero-order valence-corrected chi connectivity index (χ0v) is 11.4. The lowest BCUT2D eigenvalue weighted by atomic mass is 10.1. The van der Waals surface area contributed by atoms with Gasteiger partial charge in [-0.3, -0.25) is 9.21 Å². The van der Waals surface area contributed by atoms with Crippen molar-refractivity contribution >= 4 is 17.7 Å². The first-order chi connectivity index (χ1) is 9.16. The van der Waals surface area contributed by atoms with E-state index in [4.69, 9.17) is 11.8 Å². The van der Waals surface area contributed by atoms with Gasteiger partial charge in [0.1, 0.15) is 6.17 Å². The van der Waals surface area contributed by atoms with E-state index in [0.29, 0.717) is 6.54 Å². The summed E-state index contributed by atoms with van der Waals surface area (Å²) in [7, 11) is 0. The van der Waals surface area contributed by atoms with Crippen LogP contribution in [0.25, 0.3) is 0 Å². The Hall–Kier alpha value is -1.13. The summed E-state index contributed by atoms with van der Waals surface area (Å²) >= 11 is 5.95. The Morgan fingerprint density at radius 2 is 2.16 bits per heavy atom. The number of rotatable bonds is 5. The highest BCUT2D eigenvalue weighted by Gasteiger charge is 2.31. The van der Waals surface area contributed by atoms with Gasteiger partial charge in [-0.1, -0.05) is 30.3 Å². The molecule has 1 heterocycles. The Balaban J connectivity index is 1.72. The van der Waals surface area contributed by atoms with E-state index in [1.807, 2.05) is 30.3 Å². The predicted octanol–water partition coefficient (Wildman–Crippen LogP) is 2.30. The summed E-state index contributed by atoms with van der Waals surface area (Å²) < 4.78 is 14.2. The van der Waals surface area contributed by atoms with E-state index in [-0.39, 0.29) is 18.9 Å². The van der Waals surface area contributed by atoms with Gasteiger partial charge in [-0.2, -0.15) is 0 Å². The van der Waals surface area contributed by atoms with Crippen molar-refractivity contribution < 1.29 is 9.18 Å². The molecule has 1 aliphatic rings. The van der Waals surface area contributed by atoms with Gasteiger partial charge in [0.15, 0.2) is 0 Å². The minimum atomic E-state index is -0.941. The van der Waals surface area contributed by atoms with Gasteiger partial charge >= 0.3 is 0 Å². The van der Waals surface area contributed by atoms with E-state index in [1.165, 1.54) is 9.98 Å². The van der Waals surface area contributed by atoms with Crippen molar-refractivity contribution in [3.8, 4) is 0 Å². The number of aryl methyl sites for hydroxylation is 1. The van der Waals surface area contributed by atoms with Crippen molar-refractivity contribution in [1.29, 1.82) is 0 Å². The fourth-order valence-corrected chi connectivity index (χ4v) is 2.46. The average Bonchev–Trinajstić information content (AvgIpc) is 2.85. The number of benzene rings is 1. The summed E-state index contributed by atoms with van der Waals surface area (Å²) in [6.07, 6.45) is 0.954. The molecule has 0 radical (unpaired) electrons. The van der Waals surface area contributed by atoms with Gasteiger partial charge in [-0.25, -0.2) is 4.39 Å². The highest BCUT2D eigenvalue weighted by atomic mass is 35.5. The van der Waals surface area contributed by atoms with Crippen molar-refractivity contribution in [3.63, 3.8) is 0 Å². The predicted molar refractivity (Wildman–Crippen MR) is 73.6 cm³/mol. The van der Waals surface area contributed by atoms with E-state index in [0.717, 1.165) is 12.8 Å². The molecule has 3 nitrogen and oxygen atoms in total. The first-order valence-electron chi connectivity index (χ1n) is 6.55. The molecule has 0 bridgehead atoms. The first-order valence-corrected chi connectivity index (χ1v) is 6.89. The normalized spacial score (nSPS) is 22.4. The highest BCUT2D eigenvalue weighted by Crippen LogP contribution is 2.14. The molecular formula is C14H18ClFN2O. The molecule has 1 saturated heterocycles. The SMILES string of the molecule is O=C([C@@H]1C[C@@H](F)CN1)N(Cl)CCCc1ccccc1. The van der Waals surface area contributed by atoms with Gasteiger partial charge in [-0.15, -0.1) is 0 Å². The van der Waals surface area contributed by atoms with Crippen LogP contribution in [0.4, 0.5) is 4.39 Å². The second-order valence-electron chi connectivity index (χ2n) is 4.81. The first kappa shape index (κ1) is 14.3. The zero-order chi connectivity index (χ0) is 13.7. The van der Waals surface area contributed by atoms with Gasteiger partial charge in [0.05, 0.1) is 6.04 Å². The third kappa shape index (κ3) is 4.18. The zero-order valence-electron chi connectivity index (χ0n) is 10.7. The molecule has 2 atom stereocenters. The summed E-state index contributed by atoms with van der Waals surface area (Å²) in [5, 5.41) is 2.84. The number of carbonyl (C=O) groups excluding carboxylic acids is 1. The molecule has 0 saturated carbocycles. The van der Waals surface area contributed by atoms with Crippen molar-refractivity contribution in [1.82, 2.24) is 9.74 Å². The summed E-state index contributed by atoms with van der Waals surface area (Å²) in [6.45, 7) is 0.718. The van der Waals surface area contributed by atoms with Gasteiger partial charge in [0.2, 0.25) is 0 Å². The third-order valence-electron chi connectivity index (χ3n) is 3.28. The fraction of sp³-hybridized carbons (Fsp3) is 0.500. The van der Waals surface area contributed by atoms with Crippen LogP contribution in [-0.4, -0.2) is 35.6 Å². The van der Waals surface area contributed by atoms with Crippen LogP contribution < -0.4 is 5.32 Å². The standard InChI is InChI=1S/C14H18ClFN2O/c15-18(14(19)13-9-12(16)10-17-13)8-4-7-11-5-2-1-3-6-11/h1-3,5-6,12-13,17H,4,7-10H2/t12-,13+/m1/s1. The molecule has 1 aromatic carbocycles. The Bertz CT molecular complexity index is 415. The molecule has 0 aliphatic carbocycles. The monoisotopic (exact) mass is 284 g/mol. The Morgan fingerprint density at radius 3 is 2.79 bits per heavy atom. The van der Waals surface area contributed by atoms with E-state index < -0.39 is 12.2 Å². The quantitative estimate of drug-likeness (QED) is 0.842. The molecule has 5 heteroatoms. The highest BCUT2D eigenvalue weighted by molar-refractivity contribution is 6.21. The van der Waals surface area contributed by atoms with Crippen LogP contribution >= 0.6 is 11.8 Å². The van der Waals surface area contributed by atoms with Crippen LogP contribution in [0, 0.1) is 0 Å². The van der Waals surface area contributed by atoms with E-state index in [1.54, 1.807) is 0 Å². The number of hydrogen-bond donors (Lipinski definition) is 1. The number of amides is 1. The molecule has 1 aromatic rings. The van der Waals surface area contributed by atoms with Gasteiger partial charge in [-0.05, 0) is 18.4 Å². The molecule has 1 amide bonds. The van der Waals surface area contributed by atoms with Crippen molar-refractivity contribution in [2.45, 2.75) is 31.5 Å². The smallest absolute Gasteiger partial charge is 0.254 e. The van der Waals surface area contributed by atoms with E-state index in [9.17, 15) is 9.18 Å². The van der Waals surface area contributed by atoms with Gasteiger partial charge < -0.3 is 5.32 Å². The largest absolute Gasteiger partial charge is 0.303 e. The second kappa shape index (κ2) is 6.87. The van der Waals surface area contributed by atoms with Crippen molar-refractivity contribution in [2.24, 2.45) is 0 Å². The molecule has 0 spiro atoms. The van der Waals surface area contributed by atoms with Crippen LogP contribution in [0.5, 0.6) is 0 Å². The Kier molecular flexibility index (Phi) is 5.16. The fourth-order valence-electron chi connectivity index (χ4n) is 2.23. The number of carbonyl (C=O) groups is 1. The molecule has 1 fully saturated rings. The summed E-state index contributed by atoms with van der Waals surface area (Å²) in [6, 6.07) is 9.58. The number of nitrogens with zero attached hydrogens (tertiary/aromatic N) is 1. The molecule has 1 N–H and O–H groups in total. The maximum Gasteiger partial charge on any atom is 0.254 e. The summed E-state index contributed by atoms with van der Waals surface area (Å²) in [4.78, 5) is 11.9. The molecule has 0 unspecified atom stereocenters. The number of nitrogens with one attached hydrogen (secondary N) is 1. The molecule has 1 aliphatic heterocycles. The van der Waals surface area contributed by atoms with Crippen LogP contribution in [0.1, 0.15) is 18.4 Å². The lowest BCUT2D eigenvalue weighted by Gasteiger charge is -2.18. The number of halogens is 2. The molecule has 104 valence electrons. The summed E-state index contributed by atoms with van der Waals surface area (Å²) in [5.41, 5.74) is 1.22. The third-order valence-corrected chi connectivity index (χ3v) is 3.61. The van der Waals surface area contributed by atoms with E-state index >= 15 is 0 Å². The minimum Gasteiger partial charge on any atom is -0.303 e. The molecule has 19 heavy (non-hydrogen) atoms. The Labute approximate surface area is 117 Å². The van der Waals surface area contributed by atoms with Crippen LogP contribution in [0.15, 0.2) is 30.3 Å². The second-order valence-corrected chi connectivity index (χ2v) is 5.22. The molecule has 0 aromatic heterocycles. The topological polar surface area (TPSA) is 32.3 Å². The van der Waals surface area contributed by atoms with Crippen LogP contribution in [0.2, 0.25) is 0 Å². The minimum absolute atomic E-state index is 0.223. The number of hydrogen-bond acceptors (Lipinski definition) is 2. The van der Waals surface area contributed by atoms with E-state index in [2.05, 4.69) is 5.32 Å². The Morgan fingerprint density at radius 1 is 1.42 bits per heavy atom. The lowest BCUT2D eigenvalue weighted by Crippen LogP contribution is -2.39. The van der Waals surface area contributed by atoms with Crippen LogP contribution in [-0.2, 0) is 11.2 Å². The molecular weight excluding hydrogens is 267 g/mol. The summed E-state index contributed by atoms with van der Waals surface area (Å²) in [5.74, 6) is -0.227. The lowest BCUT2D eigenvalue weighted by molar-refractivity contribution is -0.128. The van der Waals surface area contributed by atoms with Crippen molar-refractivity contribution in [2.75, 3.05) is 13.1 Å². The van der Waals surface area contributed by atoms with Crippen LogP contribution in [0.3, 0.4) is 0 Å². The maximum absolute atomic E-state index is 13.0. The van der Waals surface area contributed by atoms with Crippen molar-refractivity contribution in [3.05, 3.63) is 35.9 Å². The average molecular weight is 285 g/mol. The van der Waals surface area contributed by atoms with Gasteiger partial charge in [0, 0.05) is 31.3 Å². The number of alkyl halides is 1. The molecule has 2 rings (SSSR count).